The van der Waals surface area contributed by atoms with Gasteiger partial charge in [0.25, 0.3) is 10.0 Å². The zero-order chi connectivity index (χ0) is 28.4. The molecule has 2 N–H and O–H groups in total. The van der Waals surface area contributed by atoms with Crippen LogP contribution < -0.4 is 14.9 Å². The molecular formula is C29H33F2N3O4S. The van der Waals surface area contributed by atoms with Gasteiger partial charge < -0.3 is 15.4 Å². The van der Waals surface area contributed by atoms with E-state index >= 15 is 0 Å². The van der Waals surface area contributed by atoms with E-state index in [9.17, 15) is 22.0 Å². The second-order valence-corrected chi connectivity index (χ2v) is 12.5. The number of carbonyl (C=O) groups excluding carboxylic acids is 1. The maximum atomic E-state index is 14.7. The van der Waals surface area contributed by atoms with Crippen LogP contribution >= 0.6 is 0 Å². The minimum atomic E-state index is -4.35. The van der Waals surface area contributed by atoms with Crippen molar-refractivity contribution < 1.29 is 26.7 Å². The van der Waals surface area contributed by atoms with Crippen LogP contribution in [0.5, 0.6) is 0 Å². The lowest BCUT2D eigenvalue weighted by Crippen LogP contribution is -2.45. The number of rotatable bonds is 9. The Morgan fingerprint density at radius 3 is 2.28 bits per heavy atom. The van der Waals surface area contributed by atoms with Gasteiger partial charge in [-0.1, -0.05) is 37.6 Å². The SMILES string of the molecule is CCCC1(CC(=O)OC(C)(C)C)Nc2ccc(N(Cc3ccc(F)cc3)S(=O)(=O)c3ccccc3F)cc2N1. The van der Waals surface area contributed by atoms with E-state index in [0.717, 1.165) is 16.8 Å². The summed E-state index contributed by atoms with van der Waals surface area (Å²) in [6.07, 6.45) is 1.42. The Morgan fingerprint density at radius 2 is 1.64 bits per heavy atom. The van der Waals surface area contributed by atoms with Crippen LogP contribution in [0.2, 0.25) is 0 Å². The molecule has 0 saturated heterocycles. The molecule has 1 unspecified atom stereocenters. The van der Waals surface area contributed by atoms with Crippen molar-refractivity contribution in [1.29, 1.82) is 0 Å². The van der Waals surface area contributed by atoms with E-state index in [1.807, 2.05) is 6.92 Å². The highest BCUT2D eigenvalue weighted by Gasteiger charge is 2.39. The summed E-state index contributed by atoms with van der Waals surface area (Å²) in [5.74, 6) is -1.70. The Balaban J connectivity index is 1.71. The third-order valence-electron chi connectivity index (χ3n) is 6.23. The topological polar surface area (TPSA) is 87.7 Å². The summed E-state index contributed by atoms with van der Waals surface area (Å²) < 4.78 is 62.3. The molecule has 3 aromatic rings. The first-order chi connectivity index (χ1) is 18.3. The van der Waals surface area contributed by atoms with E-state index in [1.165, 1.54) is 42.5 Å². The summed E-state index contributed by atoms with van der Waals surface area (Å²) in [5, 5.41) is 6.76. The minimum absolute atomic E-state index is 0.0505. The Hall–Kier alpha value is -3.66. The number of halogens is 2. The molecule has 10 heteroatoms. The summed E-state index contributed by atoms with van der Waals surface area (Å²) in [5.41, 5.74) is 0.640. The van der Waals surface area contributed by atoms with Gasteiger partial charge in [0.2, 0.25) is 0 Å². The van der Waals surface area contributed by atoms with E-state index < -0.39 is 37.8 Å². The van der Waals surface area contributed by atoms with Gasteiger partial charge in [0.05, 0.1) is 30.0 Å². The number of esters is 1. The Bertz CT molecular complexity index is 1460. The quantitative estimate of drug-likeness (QED) is 0.295. The highest BCUT2D eigenvalue weighted by Crippen LogP contribution is 2.41. The van der Waals surface area contributed by atoms with Gasteiger partial charge >= 0.3 is 5.97 Å². The number of carbonyl (C=O) groups is 1. The first kappa shape index (κ1) is 28.4. The summed E-state index contributed by atoms with van der Waals surface area (Å²) >= 11 is 0. The van der Waals surface area contributed by atoms with Crippen LogP contribution in [0, 0.1) is 11.6 Å². The van der Waals surface area contributed by atoms with Gasteiger partial charge in [-0.2, -0.15) is 0 Å². The standard InChI is InChI=1S/C29H33F2N3O4S/c1-5-16-29(18-27(35)38-28(2,3)4)32-24-15-14-22(17-25(24)33-29)34(19-20-10-12-21(30)13-11-20)39(36,37)26-9-7-6-8-23(26)31/h6-15,17,32-33H,5,16,18-19H2,1-4H3. The first-order valence-corrected chi connectivity index (χ1v) is 14.2. The van der Waals surface area contributed by atoms with Gasteiger partial charge in [-0.3, -0.25) is 9.10 Å². The highest BCUT2D eigenvalue weighted by molar-refractivity contribution is 7.92. The molecule has 0 amide bonds. The molecule has 4 rings (SSSR count). The maximum Gasteiger partial charge on any atom is 0.310 e. The van der Waals surface area contributed by atoms with Crippen LogP contribution in [0.4, 0.5) is 25.8 Å². The van der Waals surface area contributed by atoms with Gasteiger partial charge in [-0.15, -0.1) is 0 Å². The maximum absolute atomic E-state index is 14.7. The number of nitrogens with one attached hydrogen (secondary N) is 2. The molecule has 0 aromatic heterocycles. The predicted molar refractivity (Wildman–Crippen MR) is 148 cm³/mol. The number of fused-ring (bicyclic) bond motifs is 1. The van der Waals surface area contributed by atoms with Gasteiger partial charge in [0, 0.05) is 0 Å². The van der Waals surface area contributed by atoms with Crippen LogP contribution in [0.1, 0.15) is 52.5 Å². The molecule has 1 aliphatic heterocycles. The first-order valence-electron chi connectivity index (χ1n) is 12.8. The van der Waals surface area contributed by atoms with E-state index in [0.29, 0.717) is 23.4 Å². The van der Waals surface area contributed by atoms with Crippen molar-refractivity contribution >= 4 is 33.1 Å². The Labute approximate surface area is 228 Å². The molecule has 208 valence electrons. The van der Waals surface area contributed by atoms with Crippen molar-refractivity contribution in [3.63, 3.8) is 0 Å². The van der Waals surface area contributed by atoms with Crippen molar-refractivity contribution in [3.8, 4) is 0 Å². The van der Waals surface area contributed by atoms with Crippen LogP contribution in [0.25, 0.3) is 0 Å². The molecule has 0 radical (unpaired) electrons. The van der Waals surface area contributed by atoms with Crippen LogP contribution in [0.3, 0.4) is 0 Å². The molecule has 0 bridgehead atoms. The molecular weight excluding hydrogens is 524 g/mol. The van der Waals surface area contributed by atoms with Crippen molar-refractivity contribution in [2.45, 2.75) is 69.7 Å². The number of anilines is 3. The van der Waals surface area contributed by atoms with E-state index in [-0.39, 0.29) is 24.6 Å². The van der Waals surface area contributed by atoms with Gasteiger partial charge in [-0.05, 0) is 75.2 Å². The predicted octanol–water partition coefficient (Wildman–Crippen LogP) is 6.43. The molecule has 0 fully saturated rings. The average molecular weight is 558 g/mol. The van der Waals surface area contributed by atoms with Crippen molar-refractivity contribution in [1.82, 2.24) is 0 Å². The third kappa shape index (κ3) is 6.50. The molecule has 3 aromatic carbocycles. The number of hydrogen-bond donors (Lipinski definition) is 2. The lowest BCUT2D eigenvalue weighted by atomic mass is 10.0. The smallest absolute Gasteiger partial charge is 0.310 e. The van der Waals surface area contributed by atoms with Crippen molar-refractivity contribution in [2.24, 2.45) is 0 Å². The fourth-order valence-corrected chi connectivity index (χ4v) is 6.16. The number of benzene rings is 3. The van der Waals surface area contributed by atoms with Gasteiger partial charge in [0.15, 0.2) is 0 Å². The van der Waals surface area contributed by atoms with Gasteiger partial charge in [0.1, 0.15) is 27.8 Å². The van der Waals surface area contributed by atoms with E-state index in [2.05, 4.69) is 10.6 Å². The van der Waals surface area contributed by atoms with Crippen molar-refractivity contribution in [2.75, 3.05) is 14.9 Å². The summed E-state index contributed by atoms with van der Waals surface area (Å²) in [6, 6.07) is 15.6. The molecule has 7 nitrogen and oxygen atoms in total. The minimum Gasteiger partial charge on any atom is -0.460 e. The number of nitrogens with zero attached hydrogens (tertiary/aromatic N) is 1. The molecule has 1 atom stereocenters. The van der Waals surface area contributed by atoms with Crippen LogP contribution in [0.15, 0.2) is 71.6 Å². The number of ether oxygens (including phenoxy) is 1. The largest absolute Gasteiger partial charge is 0.460 e. The molecule has 39 heavy (non-hydrogen) atoms. The number of hydrogen-bond acceptors (Lipinski definition) is 6. The average Bonchev–Trinajstić information content (AvgIpc) is 3.19. The lowest BCUT2D eigenvalue weighted by Gasteiger charge is -2.31. The molecule has 0 saturated carbocycles. The van der Waals surface area contributed by atoms with Crippen molar-refractivity contribution in [3.05, 3.63) is 83.9 Å². The van der Waals surface area contributed by atoms with Crippen LogP contribution in [-0.2, 0) is 26.1 Å². The molecule has 0 spiro atoms. The fraction of sp³-hybridized carbons (Fsp3) is 0.345. The zero-order valence-electron chi connectivity index (χ0n) is 22.4. The molecule has 0 aliphatic carbocycles. The monoisotopic (exact) mass is 557 g/mol. The van der Waals surface area contributed by atoms with E-state index in [4.69, 9.17) is 4.74 Å². The van der Waals surface area contributed by atoms with Gasteiger partial charge in [-0.25, -0.2) is 17.2 Å². The highest BCUT2D eigenvalue weighted by atomic mass is 32.2. The Kier molecular flexibility index (Phi) is 7.88. The second-order valence-electron chi connectivity index (χ2n) is 10.6. The normalized spacial score (nSPS) is 16.7. The third-order valence-corrected chi connectivity index (χ3v) is 8.03. The number of sulfonamides is 1. The van der Waals surface area contributed by atoms with Crippen LogP contribution in [-0.4, -0.2) is 25.7 Å². The fourth-order valence-electron chi connectivity index (χ4n) is 4.64. The lowest BCUT2D eigenvalue weighted by molar-refractivity contribution is -0.155. The molecule has 1 heterocycles. The summed E-state index contributed by atoms with van der Waals surface area (Å²) in [4.78, 5) is 12.2. The van der Waals surface area contributed by atoms with E-state index in [1.54, 1.807) is 39.0 Å². The second kappa shape index (κ2) is 10.8. The summed E-state index contributed by atoms with van der Waals surface area (Å²) in [7, 11) is -4.35. The molecule has 1 aliphatic rings. The zero-order valence-corrected chi connectivity index (χ0v) is 23.2. The Morgan fingerprint density at radius 1 is 0.974 bits per heavy atom. The summed E-state index contributed by atoms with van der Waals surface area (Å²) in [6.45, 7) is 7.26.